The molecule has 8 heteroatoms. The van der Waals surface area contributed by atoms with Crippen molar-refractivity contribution in [2.75, 3.05) is 25.4 Å². The summed E-state index contributed by atoms with van der Waals surface area (Å²) in [6, 6.07) is 18.1. The molecule has 1 saturated heterocycles. The smallest absolute Gasteiger partial charge is 0.300 e. The lowest BCUT2D eigenvalue weighted by atomic mass is 9.95. The highest BCUT2D eigenvalue weighted by Crippen LogP contribution is 2.44. The van der Waals surface area contributed by atoms with Gasteiger partial charge >= 0.3 is 0 Å². The Bertz CT molecular complexity index is 1380. The number of ether oxygens (including phenoxy) is 4. The zero-order valence-electron chi connectivity index (χ0n) is 20.8. The van der Waals surface area contributed by atoms with Crippen LogP contribution in [0.3, 0.4) is 0 Å². The number of methoxy groups -OCH3 is 1. The summed E-state index contributed by atoms with van der Waals surface area (Å²) in [6.07, 6.45) is 0. The number of aliphatic hydroxyl groups is 1. The van der Waals surface area contributed by atoms with Crippen LogP contribution in [0.25, 0.3) is 5.76 Å². The van der Waals surface area contributed by atoms with Crippen molar-refractivity contribution >= 4 is 23.1 Å². The van der Waals surface area contributed by atoms with Crippen LogP contribution in [0.15, 0.2) is 72.3 Å². The zero-order valence-corrected chi connectivity index (χ0v) is 20.8. The van der Waals surface area contributed by atoms with Gasteiger partial charge < -0.3 is 24.1 Å². The van der Waals surface area contributed by atoms with Crippen molar-refractivity contribution in [3.05, 3.63) is 83.4 Å². The molecule has 0 saturated carbocycles. The second kappa shape index (κ2) is 9.89. The Kier molecular flexibility index (Phi) is 6.48. The van der Waals surface area contributed by atoms with Gasteiger partial charge in [-0.15, -0.1) is 0 Å². The fourth-order valence-corrected chi connectivity index (χ4v) is 4.39. The van der Waals surface area contributed by atoms with Crippen LogP contribution in [-0.4, -0.2) is 37.3 Å². The first-order valence-corrected chi connectivity index (χ1v) is 11.9. The number of benzene rings is 3. The van der Waals surface area contributed by atoms with Crippen LogP contribution < -0.4 is 23.8 Å². The van der Waals surface area contributed by atoms with Gasteiger partial charge in [-0.3, -0.25) is 14.5 Å². The van der Waals surface area contributed by atoms with Gasteiger partial charge in [-0.1, -0.05) is 26.0 Å². The quantitative estimate of drug-likeness (QED) is 0.274. The van der Waals surface area contributed by atoms with Gasteiger partial charge in [0.15, 0.2) is 11.5 Å². The van der Waals surface area contributed by atoms with E-state index < -0.39 is 17.7 Å². The summed E-state index contributed by atoms with van der Waals surface area (Å²) in [5, 5.41) is 11.4. The maximum atomic E-state index is 13.4. The van der Waals surface area contributed by atoms with Crippen LogP contribution in [-0.2, 0) is 9.59 Å². The molecule has 2 heterocycles. The van der Waals surface area contributed by atoms with Gasteiger partial charge in [0.2, 0.25) is 6.79 Å². The number of fused-ring (bicyclic) bond motifs is 1. The van der Waals surface area contributed by atoms with Crippen LogP contribution >= 0.6 is 0 Å². The van der Waals surface area contributed by atoms with E-state index in [0.717, 1.165) is 0 Å². The van der Waals surface area contributed by atoms with Crippen molar-refractivity contribution in [3.8, 4) is 23.0 Å². The molecule has 0 spiro atoms. The highest BCUT2D eigenvalue weighted by Gasteiger charge is 2.47. The van der Waals surface area contributed by atoms with Crippen LogP contribution in [0.2, 0.25) is 0 Å². The van der Waals surface area contributed by atoms with E-state index in [0.29, 0.717) is 52.3 Å². The van der Waals surface area contributed by atoms with Crippen molar-refractivity contribution in [1.29, 1.82) is 0 Å². The van der Waals surface area contributed by atoms with Crippen molar-refractivity contribution in [1.82, 2.24) is 0 Å². The van der Waals surface area contributed by atoms with E-state index in [1.807, 2.05) is 0 Å². The molecular formula is C29H27NO7. The Morgan fingerprint density at radius 2 is 1.76 bits per heavy atom. The highest BCUT2D eigenvalue weighted by atomic mass is 16.7. The van der Waals surface area contributed by atoms with Crippen LogP contribution in [0.4, 0.5) is 5.69 Å². The van der Waals surface area contributed by atoms with Crippen molar-refractivity contribution < 1.29 is 33.6 Å². The number of ketones is 1. The second-order valence-corrected chi connectivity index (χ2v) is 9.21. The molecule has 190 valence electrons. The predicted molar refractivity (Wildman–Crippen MR) is 137 cm³/mol. The largest absolute Gasteiger partial charge is 0.507 e. The molecule has 37 heavy (non-hydrogen) atoms. The van der Waals surface area contributed by atoms with E-state index in [1.165, 1.54) is 4.90 Å². The Labute approximate surface area is 214 Å². The summed E-state index contributed by atoms with van der Waals surface area (Å²) in [6.45, 7) is 4.75. The lowest BCUT2D eigenvalue weighted by molar-refractivity contribution is -0.132. The number of carbonyl (C=O) groups is 2. The van der Waals surface area contributed by atoms with Gasteiger partial charge in [0, 0.05) is 11.3 Å². The number of Topliss-reactive ketones (excluding diaryl/α,β-unsaturated/α-hetero) is 1. The molecule has 5 rings (SSSR count). The van der Waals surface area contributed by atoms with E-state index in [9.17, 15) is 14.7 Å². The Morgan fingerprint density at radius 3 is 2.49 bits per heavy atom. The summed E-state index contributed by atoms with van der Waals surface area (Å²) in [5.74, 6) is 0.741. The minimum Gasteiger partial charge on any atom is -0.507 e. The summed E-state index contributed by atoms with van der Waals surface area (Å²) >= 11 is 0. The maximum absolute atomic E-state index is 13.4. The second-order valence-electron chi connectivity index (χ2n) is 9.21. The van der Waals surface area contributed by atoms with Crippen LogP contribution in [0, 0.1) is 5.92 Å². The topological polar surface area (TPSA) is 94.5 Å². The van der Waals surface area contributed by atoms with Gasteiger partial charge in [-0.25, -0.2) is 0 Å². The maximum Gasteiger partial charge on any atom is 0.300 e. The number of anilines is 1. The van der Waals surface area contributed by atoms with E-state index in [1.54, 1.807) is 73.8 Å². The molecule has 8 nitrogen and oxygen atoms in total. The number of nitrogens with zero attached hydrogens (tertiary/aromatic N) is 1. The number of aliphatic hydroxyl groups excluding tert-OH is 1. The zero-order chi connectivity index (χ0) is 26.1. The average molecular weight is 502 g/mol. The Hall–Kier alpha value is -4.46. The van der Waals surface area contributed by atoms with Crippen LogP contribution in [0.5, 0.6) is 23.0 Å². The summed E-state index contributed by atoms with van der Waals surface area (Å²) in [5.41, 5.74) is 1.42. The average Bonchev–Trinajstić information content (AvgIpc) is 3.49. The van der Waals surface area contributed by atoms with Crippen molar-refractivity contribution in [3.63, 3.8) is 0 Å². The van der Waals surface area contributed by atoms with Crippen molar-refractivity contribution in [2.24, 2.45) is 5.92 Å². The Balaban J connectivity index is 1.61. The molecule has 3 aromatic carbocycles. The normalized spacial score (nSPS) is 17.9. The van der Waals surface area contributed by atoms with Crippen LogP contribution in [0.1, 0.15) is 31.0 Å². The minimum atomic E-state index is -0.886. The molecule has 2 aliphatic heterocycles. The number of rotatable bonds is 7. The highest BCUT2D eigenvalue weighted by molar-refractivity contribution is 6.51. The number of amides is 1. The molecular weight excluding hydrogens is 474 g/mol. The first-order chi connectivity index (χ1) is 17.9. The molecule has 2 aliphatic rings. The molecule has 1 unspecified atom stereocenters. The minimum absolute atomic E-state index is 0.0303. The fraction of sp³-hybridized carbons (Fsp3) is 0.241. The molecule has 0 bridgehead atoms. The monoisotopic (exact) mass is 501 g/mol. The third-order valence-electron chi connectivity index (χ3n) is 6.20. The first-order valence-electron chi connectivity index (χ1n) is 11.9. The van der Waals surface area contributed by atoms with E-state index in [-0.39, 0.29) is 18.1 Å². The molecule has 1 fully saturated rings. The number of hydrogen-bond donors (Lipinski definition) is 1. The first kappa shape index (κ1) is 24.2. The third kappa shape index (κ3) is 4.58. The number of carbonyl (C=O) groups excluding carboxylic acids is 2. The Morgan fingerprint density at radius 1 is 1.00 bits per heavy atom. The predicted octanol–water partition coefficient (Wildman–Crippen LogP) is 5.09. The molecule has 1 N–H and O–H groups in total. The van der Waals surface area contributed by atoms with Gasteiger partial charge in [0.25, 0.3) is 11.7 Å². The standard InChI is InChI=1S/C29H27NO7/c1-17(2)15-35-21-10-8-20(9-11-21)30-26(18-5-4-6-22(13-18)34-3)25(28(32)29(30)33)27(31)19-7-12-23-24(14-19)37-16-36-23/h4-14,17,26,31H,15-16H2,1-3H3/b27-25-. The lowest BCUT2D eigenvalue weighted by Gasteiger charge is -2.26. The van der Waals surface area contributed by atoms with E-state index in [2.05, 4.69) is 13.8 Å². The fourth-order valence-electron chi connectivity index (χ4n) is 4.39. The SMILES string of the molecule is COc1cccc(C2/C(=C(/O)c3ccc4c(c3)OCO4)C(=O)C(=O)N2c2ccc(OCC(C)C)cc2)c1. The lowest BCUT2D eigenvalue weighted by Crippen LogP contribution is -2.29. The summed E-state index contributed by atoms with van der Waals surface area (Å²) in [7, 11) is 1.54. The van der Waals surface area contributed by atoms with Crippen molar-refractivity contribution in [2.45, 2.75) is 19.9 Å². The third-order valence-corrected chi connectivity index (χ3v) is 6.20. The van der Waals surface area contributed by atoms with Gasteiger partial charge in [-0.05, 0) is 66.1 Å². The van der Waals surface area contributed by atoms with Gasteiger partial charge in [-0.2, -0.15) is 0 Å². The molecule has 0 radical (unpaired) electrons. The number of hydrogen-bond acceptors (Lipinski definition) is 7. The summed E-state index contributed by atoms with van der Waals surface area (Å²) in [4.78, 5) is 28.2. The summed E-state index contributed by atoms with van der Waals surface area (Å²) < 4.78 is 21.9. The van der Waals surface area contributed by atoms with Gasteiger partial charge in [0.05, 0.1) is 25.3 Å². The molecule has 1 amide bonds. The molecule has 0 aliphatic carbocycles. The van der Waals surface area contributed by atoms with E-state index >= 15 is 0 Å². The molecule has 1 atom stereocenters. The molecule has 0 aromatic heterocycles. The van der Waals surface area contributed by atoms with E-state index in [4.69, 9.17) is 18.9 Å². The van der Waals surface area contributed by atoms with Gasteiger partial charge in [0.1, 0.15) is 17.3 Å². The molecule has 3 aromatic rings.